The minimum Gasteiger partial charge on any atom is -0.490 e. The number of anilines is 2. The van der Waals surface area contributed by atoms with Gasteiger partial charge in [0.2, 0.25) is 0 Å². The Bertz CT molecular complexity index is 926. The molecule has 4 rings (SSSR count). The van der Waals surface area contributed by atoms with Crippen molar-refractivity contribution in [3.05, 3.63) is 46.9 Å². The largest absolute Gasteiger partial charge is 0.490 e. The first-order valence-electron chi connectivity index (χ1n) is 7.47. The van der Waals surface area contributed by atoms with Gasteiger partial charge in [0, 0.05) is 22.3 Å². The normalized spacial score (nSPS) is 13.0. The number of benzene rings is 2. The van der Waals surface area contributed by atoms with Gasteiger partial charge in [-0.25, -0.2) is 14.4 Å². The molecule has 1 aliphatic rings. The fraction of sp³-hybridized carbons (Fsp3) is 0.176. The molecule has 0 unspecified atom stereocenters. The molecule has 0 atom stereocenters. The van der Waals surface area contributed by atoms with Gasteiger partial charge < -0.3 is 14.8 Å². The second-order valence-corrected chi connectivity index (χ2v) is 6.25. The zero-order valence-electron chi connectivity index (χ0n) is 13.0. The minimum atomic E-state index is -0.370. The average Bonchev–Trinajstić information content (AvgIpc) is 2.80. The van der Waals surface area contributed by atoms with Crippen molar-refractivity contribution in [1.82, 2.24) is 9.97 Å². The van der Waals surface area contributed by atoms with Crippen LogP contribution < -0.4 is 14.8 Å². The summed E-state index contributed by atoms with van der Waals surface area (Å²) in [7, 11) is 0. The summed E-state index contributed by atoms with van der Waals surface area (Å²) in [4.78, 5) is 8.51. The van der Waals surface area contributed by atoms with Crippen molar-refractivity contribution >= 4 is 50.7 Å². The van der Waals surface area contributed by atoms with Gasteiger partial charge in [0.1, 0.15) is 18.0 Å². The quantitative estimate of drug-likeness (QED) is 0.634. The third-order valence-corrected chi connectivity index (χ3v) is 4.18. The molecule has 2 heterocycles. The minimum absolute atomic E-state index is 0. The van der Waals surface area contributed by atoms with Crippen LogP contribution in [0.4, 0.5) is 15.9 Å². The van der Waals surface area contributed by atoms with Crippen LogP contribution in [-0.2, 0) is 0 Å². The highest BCUT2D eigenvalue weighted by molar-refractivity contribution is 9.10. The molecule has 0 fully saturated rings. The van der Waals surface area contributed by atoms with Crippen LogP contribution in [0, 0.1) is 5.82 Å². The number of aromatic nitrogens is 2. The van der Waals surface area contributed by atoms with Crippen LogP contribution >= 0.6 is 28.3 Å². The fourth-order valence-corrected chi connectivity index (χ4v) is 2.86. The lowest BCUT2D eigenvalue weighted by atomic mass is 10.2. The van der Waals surface area contributed by atoms with Gasteiger partial charge in [0.05, 0.1) is 24.4 Å². The van der Waals surface area contributed by atoms with Gasteiger partial charge in [-0.1, -0.05) is 15.9 Å². The summed E-state index contributed by atoms with van der Waals surface area (Å²) in [5.74, 6) is 1.45. The number of nitrogens with zero attached hydrogens (tertiary/aromatic N) is 2. The zero-order valence-corrected chi connectivity index (χ0v) is 15.4. The Morgan fingerprint density at radius 1 is 1.04 bits per heavy atom. The highest BCUT2D eigenvalue weighted by Crippen LogP contribution is 2.36. The summed E-state index contributed by atoms with van der Waals surface area (Å²) in [6.07, 6.45) is 2.26. The van der Waals surface area contributed by atoms with Crippen molar-refractivity contribution in [3.8, 4) is 11.5 Å². The number of nitrogens with one attached hydrogen (secondary N) is 1. The van der Waals surface area contributed by atoms with Gasteiger partial charge in [-0.05, 0) is 24.3 Å². The molecule has 0 saturated carbocycles. The molecule has 3 aromatic rings. The predicted molar refractivity (Wildman–Crippen MR) is 99.8 cm³/mol. The van der Waals surface area contributed by atoms with Crippen LogP contribution in [0.3, 0.4) is 0 Å². The molecule has 25 heavy (non-hydrogen) atoms. The average molecular weight is 427 g/mol. The van der Waals surface area contributed by atoms with E-state index in [2.05, 4.69) is 31.2 Å². The van der Waals surface area contributed by atoms with E-state index in [-0.39, 0.29) is 18.2 Å². The third kappa shape index (κ3) is 3.62. The standard InChI is InChI=1S/C17H13BrFN3O2.ClH/c18-10-2-3-13(12(19)6-10)22-17-11-7-15-16(24-5-1-4-23-15)8-14(11)20-9-21-17;/h2-3,6-9H,1,4-5H2,(H,20,21,22);1H. The molecule has 0 saturated heterocycles. The number of ether oxygens (including phenoxy) is 2. The second-order valence-electron chi connectivity index (χ2n) is 5.34. The third-order valence-electron chi connectivity index (χ3n) is 3.69. The van der Waals surface area contributed by atoms with E-state index in [4.69, 9.17) is 9.47 Å². The van der Waals surface area contributed by atoms with Gasteiger partial charge in [-0.3, -0.25) is 0 Å². The molecular weight excluding hydrogens is 413 g/mol. The number of fused-ring (bicyclic) bond motifs is 2. The van der Waals surface area contributed by atoms with E-state index in [1.54, 1.807) is 12.1 Å². The van der Waals surface area contributed by atoms with Gasteiger partial charge >= 0.3 is 0 Å². The van der Waals surface area contributed by atoms with Crippen LogP contribution in [0.5, 0.6) is 11.5 Å². The second kappa shape index (κ2) is 7.41. The molecule has 8 heteroatoms. The maximum atomic E-state index is 14.1. The van der Waals surface area contributed by atoms with Crippen LogP contribution in [0.1, 0.15) is 6.42 Å². The lowest BCUT2D eigenvalue weighted by Crippen LogP contribution is -1.99. The Morgan fingerprint density at radius 2 is 1.80 bits per heavy atom. The molecule has 1 aromatic heterocycles. The van der Waals surface area contributed by atoms with Crippen LogP contribution in [-0.4, -0.2) is 23.2 Å². The molecule has 0 radical (unpaired) electrons. The first-order valence-corrected chi connectivity index (χ1v) is 8.26. The van der Waals surface area contributed by atoms with E-state index in [0.29, 0.717) is 46.2 Å². The van der Waals surface area contributed by atoms with Gasteiger partial charge in [-0.15, -0.1) is 12.4 Å². The van der Waals surface area contributed by atoms with E-state index >= 15 is 0 Å². The van der Waals surface area contributed by atoms with Crippen molar-refractivity contribution in [3.63, 3.8) is 0 Å². The SMILES string of the molecule is Cl.Fc1cc(Br)ccc1Nc1ncnc2cc3c(cc12)OCCCO3. The van der Waals surface area contributed by atoms with Crippen molar-refractivity contribution in [1.29, 1.82) is 0 Å². The highest BCUT2D eigenvalue weighted by atomic mass is 79.9. The number of hydrogen-bond acceptors (Lipinski definition) is 5. The predicted octanol–water partition coefficient (Wildman–Crippen LogP) is 4.86. The molecule has 0 amide bonds. The first kappa shape index (κ1) is 17.7. The number of rotatable bonds is 2. The zero-order chi connectivity index (χ0) is 16.5. The Kier molecular flexibility index (Phi) is 5.24. The smallest absolute Gasteiger partial charge is 0.163 e. The molecular formula is C17H14BrClFN3O2. The summed E-state index contributed by atoms with van der Waals surface area (Å²) in [6.45, 7) is 1.20. The summed E-state index contributed by atoms with van der Waals surface area (Å²) in [6, 6.07) is 8.46. The Morgan fingerprint density at radius 3 is 2.56 bits per heavy atom. The van der Waals surface area contributed by atoms with Crippen molar-refractivity contribution in [2.24, 2.45) is 0 Å². The molecule has 0 spiro atoms. The van der Waals surface area contributed by atoms with Crippen LogP contribution in [0.2, 0.25) is 0 Å². The maximum absolute atomic E-state index is 14.1. The molecule has 130 valence electrons. The summed E-state index contributed by atoms with van der Waals surface area (Å²) >= 11 is 3.25. The number of hydrogen-bond donors (Lipinski definition) is 1. The van der Waals surface area contributed by atoms with Crippen molar-refractivity contribution < 1.29 is 13.9 Å². The van der Waals surface area contributed by atoms with E-state index in [1.165, 1.54) is 12.4 Å². The summed E-state index contributed by atoms with van der Waals surface area (Å²) < 4.78 is 26.1. The molecule has 0 bridgehead atoms. The molecule has 5 nitrogen and oxygen atoms in total. The van der Waals surface area contributed by atoms with Gasteiger partial charge in [0.15, 0.2) is 11.5 Å². The lowest BCUT2D eigenvalue weighted by molar-refractivity contribution is 0.297. The van der Waals surface area contributed by atoms with E-state index in [9.17, 15) is 4.39 Å². The topological polar surface area (TPSA) is 56.3 Å². The van der Waals surface area contributed by atoms with Crippen LogP contribution in [0.15, 0.2) is 41.1 Å². The lowest BCUT2D eigenvalue weighted by Gasteiger charge is -2.12. The van der Waals surface area contributed by atoms with E-state index in [1.807, 2.05) is 12.1 Å². The molecule has 2 aromatic carbocycles. The Balaban J connectivity index is 0.00000182. The van der Waals surface area contributed by atoms with E-state index in [0.717, 1.165) is 11.8 Å². The monoisotopic (exact) mass is 425 g/mol. The van der Waals surface area contributed by atoms with Gasteiger partial charge in [0.25, 0.3) is 0 Å². The summed E-state index contributed by atoms with van der Waals surface area (Å²) in [5.41, 5.74) is 1.04. The van der Waals surface area contributed by atoms with Gasteiger partial charge in [-0.2, -0.15) is 0 Å². The molecule has 1 N–H and O–H groups in total. The van der Waals surface area contributed by atoms with E-state index < -0.39 is 0 Å². The highest BCUT2D eigenvalue weighted by Gasteiger charge is 2.15. The Labute approximate surface area is 158 Å². The number of halogens is 3. The van der Waals surface area contributed by atoms with Crippen molar-refractivity contribution in [2.45, 2.75) is 6.42 Å². The molecule has 1 aliphatic heterocycles. The van der Waals surface area contributed by atoms with Crippen molar-refractivity contribution in [2.75, 3.05) is 18.5 Å². The fourth-order valence-electron chi connectivity index (χ4n) is 2.53. The summed E-state index contributed by atoms with van der Waals surface area (Å²) in [5, 5.41) is 3.76. The first-order chi connectivity index (χ1) is 11.7. The molecule has 0 aliphatic carbocycles. The van der Waals surface area contributed by atoms with Crippen LogP contribution in [0.25, 0.3) is 10.9 Å². The Hall–Kier alpha value is -2.12. The maximum Gasteiger partial charge on any atom is 0.163 e.